The third kappa shape index (κ3) is 2.96. The fraction of sp³-hybridized carbons (Fsp3) is 0.538. The summed E-state index contributed by atoms with van der Waals surface area (Å²) in [6.07, 6.45) is 1.13. The van der Waals surface area contributed by atoms with Gasteiger partial charge in [0.25, 0.3) is 0 Å². The van der Waals surface area contributed by atoms with Gasteiger partial charge in [-0.15, -0.1) is 0 Å². The number of hydrogen-bond donors (Lipinski definition) is 1. The van der Waals surface area contributed by atoms with E-state index in [1.165, 1.54) is 6.07 Å². The van der Waals surface area contributed by atoms with Crippen LogP contribution >= 0.6 is 0 Å². The average molecular weight is 238 g/mol. The van der Waals surface area contributed by atoms with Crippen LogP contribution in [0.4, 0.5) is 4.39 Å². The Morgan fingerprint density at radius 1 is 1.53 bits per heavy atom. The van der Waals surface area contributed by atoms with Crippen molar-refractivity contribution in [2.75, 3.05) is 27.2 Å². The molecule has 1 atom stereocenters. The molecule has 0 saturated carbocycles. The third-order valence-corrected chi connectivity index (χ3v) is 3.34. The molecule has 0 amide bonds. The number of benzene rings is 1. The summed E-state index contributed by atoms with van der Waals surface area (Å²) in [6.45, 7) is 2.69. The molecule has 0 aromatic heterocycles. The standard InChI is InChI=1S/C13H19FN2O/c1-16(11-5-6-15-8-11)9-10-3-4-12(17-2)7-13(10)14/h3-4,7,11,15H,5-6,8-9H2,1-2H3. The quantitative estimate of drug-likeness (QED) is 0.863. The number of nitrogens with one attached hydrogen (secondary N) is 1. The zero-order valence-corrected chi connectivity index (χ0v) is 10.4. The summed E-state index contributed by atoms with van der Waals surface area (Å²) in [4.78, 5) is 2.20. The van der Waals surface area contributed by atoms with Crippen LogP contribution in [0.25, 0.3) is 0 Å². The van der Waals surface area contributed by atoms with Gasteiger partial charge in [-0.25, -0.2) is 4.39 Å². The molecule has 1 aliphatic rings. The van der Waals surface area contributed by atoms with E-state index in [9.17, 15) is 4.39 Å². The van der Waals surface area contributed by atoms with E-state index in [0.717, 1.165) is 25.1 Å². The van der Waals surface area contributed by atoms with Gasteiger partial charge in [-0.1, -0.05) is 6.07 Å². The van der Waals surface area contributed by atoms with Crippen LogP contribution < -0.4 is 10.1 Å². The molecule has 17 heavy (non-hydrogen) atoms. The molecular formula is C13H19FN2O. The zero-order valence-electron chi connectivity index (χ0n) is 10.4. The van der Waals surface area contributed by atoms with Crippen LogP contribution in [0.2, 0.25) is 0 Å². The predicted molar refractivity (Wildman–Crippen MR) is 65.7 cm³/mol. The molecule has 1 aliphatic heterocycles. The molecule has 0 aliphatic carbocycles. The van der Waals surface area contributed by atoms with Gasteiger partial charge in [-0.2, -0.15) is 0 Å². The minimum Gasteiger partial charge on any atom is -0.497 e. The lowest BCUT2D eigenvalue weighted by atomic mass is 10.1. The molecule has 0 radical (unpaired) electrons. The van der Waals surface area contributed by atoms with Gasteiger partial charge in [0.1, 0.15) is 11.6 Å². The number of ether oxygens (including phenoxy) is 1. The maximum absolute atomic E-state index is 13.8. The van der Waals surface area contributed by atoms with Gasteiger partial charge in [0.15, 0.2) is 0 Å². The van der Waals surface area contributed by atoms with Crippen LogP contribution in [-0.2, 0) is 6.54 Å². The monoisotopic (exact) mass is 238 g/mol. The number of methoxy groups -OCH3 is 1. The summed E-state index contributed by atoms with van der Waals surface area (Å²) in [5.41, 5.74) is 0.722. The fourth-order valence-corrected chi connectivity index (χ4v) is 2.20. The average Bonchev–Trinajstić information content (AvgIpc) is 2.85. The molecule has 4 heteroatoms. The van der Waals surface area contributed by atoms with Gasteiger partial charge in [0.05, 0.1) is 7.11 Å². The van der Waals surface area contributed by atoms with Crippen molar-refractivity contribution in [3.63, 3.8) is 0 Å². The Labute approximate surface area is 102 Å². The zero-order chi connectivity index (χ0) is 12.3. The Morgan fingerprint density at radius 3 is 2.94 bits per heavy atom. The molecule has 1 unspecified atom stereocenters. The van der Waals surface area contributed by atoms with E-state index in [2.05, 4.69) is 10.2 Å². The van der Waals surface area contributed by atoms with Gasteiger partial charge < -0.3 is 10.1 Å². The molecule has 94 valence electrons. The van der Waals surface area contributed by atoms with Crippen LogP contribution in [-0.4, -0.2) is 38.2 Å². The maximum Gasteiger partial charge on any atom is 0.131 e. The summed E-state index contributed by atoms with van der Waals surface area (Å²) in [5.74, 6) is 0.374. The molecule has 1 heterocycles. The lowest BCUT2D eigenvalue weighted by molar-refractivity contribution is 0.245. The Bertz CT molecular complexity index is 378. The number of likely N-dealkylation sites (N-methyl/N-ethyl adjacent to an activating group) is 1. The van der Waals surface area contributed by atoms with E-state index in [0.29, 0.717) is 18.3 Å². The lowest BCUT2D eigenvalue weighted by Gasteiger charge is -2.23. The number of nitrogens with zero attached hydrogens (tertiary/aromatic N) is 1. The van der Waals surface area contributed by atoms with E-state index < -0.39 is 0 Å². The fourth-order valence-electron chi connectivity index (χ4n) is 2.20. The summed E-state index contributed by atoms with van der Waals surface area (Å²) in [7, 11) is 3.59. The van der Waals surface area contributed by atoms with E-state index in [-0.39, 0.29) is 5.82 Å². The van der Waals surface area contributed by atoms with Crippen LogP contribution in [0.15, 0.2) is 18.2 Å². The summed E-state index contributed by atoms with van der Waals surface area (Å²) >= 11 is 0. The van der Waals surface area contributed by atoms with Crippen molar-refractivity contribution < 1.29 is 9.13 Å². The first-order valence-corrected chi connectivity index (χ1v) is 5.94. The molecule has 0 bridgehead atoms. The highest BCUT2D eigenvalue weighted by Crippen LogP contribution is 2.19. The Hall–Kier alpha value is -1.13. The van der Waals surface area contributed by atoms with Crippen LogP contribution in [0.3, 0.4) is 0 Å². The predicted octanol–water partition coefficient (Wildman–Crippen LogP) is 1.63. The van der Waals surface area contributed by atoms with Gasteiger partial charge in [0, 0.05) is 30.8 Å². The third-order valence-electron chi connectivity index (χ3n) is 3.34. The smallest absolute Gasteiger partial charge is 0.131 e. The molecule has 1 fully saturated rings. The van der Waals surface area contributed by atoms with Gasteiger partial charge in [-0.3, -0.25) is 4.90 Å². The van der Waals surface area contributed by atoms with Gasteiger partial charge in [-0.05, 0) is 26.1 Å². The van der Waals surface area contributed by atoms with Crippen molar-refractivity contribution in [2.45, 2.75) is 19.0 Å². The highest BCUT2D eigenvalue weighted by Gasteiger charge is 2.19. The Balaban J connectivity index is 2.02. The normalized spacial score (nSPS) is 19.9. The van der Waals surface area contributed by atoms with Crippen molar-refractivity contribution in [1.82, 2.24) is 10.2 Å². The summed E-state index contributed by atoms with van der Waals surface area (Å²) in [6, 6.07) is 5.55. The second-order valence-corrected chi connectivity index (χ2v) is 4.52. The molecule has 0 spiro atoms. The molecule has 1 aromatic carbocycles. The van der Waals surface area contributed by atoms with Crippen molar-refractivity contribution in [2.24, 2.45) is 0 Å². The van der Waals surface area contributed by atoms with Crippen molar-refractivity contribution >= 4 is 0 Å². The first kappa shape index (κ1) is 12.3. The highest BCUT2D eigenvalue weighted by molar-refractivity contribution is 5.28. The second kappa shape index (κ2) is 5.47. The first-order chi connectivity index (χ1) is 8.20. The minimum atomic E-state index is -0.192. The molecule has 3 nitrogen and oxygen atoms in total. The lowest BCUT2D eigenvalue weighted by Crippen LogP contribution is -2.33. The topological polar surface area (TPSA) is 24.5 Å². The number of halogens is 1. The van der Waals surface area contributed by atoms with Crippen LogP contribution in [0, 0.1) is 5.82 Å². The van der Waals surface area contributed by atoms with Crippen LogP contribution in [0.1, 0.15) is 12.0 Å². The van der Waals surface area contributed by atoms with Crippen molar-refractivity contribution in [3.05, 3.63) is 29.6 Å². The highest BCUT2D eigenvalue weighted by atomic mass is 19.1. The van der Waals surface area contributed by atoms with E-state index in [1.807, 2.05) is 7.05 Å². The minimum absolute atomic E-state index is 0.192. The summed E-state index contributed by atoms with van der Waals surface area (Å²) in [5, 5.41) is 3.32. The van der Waals surface area contributed by atoms with Crippen molar-refractivity contribution in [1.29, 1.82) is 0 Å². The molecule has 1 aromatic rings. The maximum atomic E-state index is 13.8. The van der Waals surface area contributed by atoms with Gasteiger partial charge in [0.2, 0.25) is 0 Å². The van der Waals surface area contributed by atoms with Crippen LogP contribution in [0.5, 0.6) is 5.75 Å². The molecule has 1 N–H and O–H groups in total. The molecule has 2 rings (SSSR count). The van der Waals surface area contributed by atoms with E-state index >= 15 is 0 Å². The molecule has 1 saturated heterocycles. The Kier molecular flexibility index (Phi) is 3.97. The number of rotatable bonds is 4. The Morgan fingerprint density at radius 2 is 2.35 bits per heavy atom. The SMILES string of the molecule is COc1ccc(CN(C)C2CCNC2)c(F)c1. The largest absolute Gasteiger partial charge is 0.497 e. The van der Waals surface area contributed by atoms with E-state index in [1.54, 1.807) is 19.2 Å². The second-order valence-electron chi connectivity index (χ2n) is 4.52. The first-order valence-electron chi connectivity index (χ1n) is 5.94. The summed E-state index contributed by atoms with van der Waals surface area (Å²) < 4.78 is 18.8. The number of hydrogen-bond acceptors (Lipinski definition) is 3. The van der Waals surface area contributed by atoms with Crippen molar-refractivity contribution in [3.8, 4) is 5.75 Å². The van der Waals surface area contributed by atoms with Gasteiger partial charge >= 0.3 is 0 Å². The molecular weight excluding hydrogens is 219 g/mol. The van der Waals surface area contributed by atoms with E-state index in [4.69, 9.17) is 4.74 Å².